The second-order valence-corrected chi connectivity index (χ2v) is 5.45. The Bertz CT molecular complexity index is 445. The summed E-state index contributed by atoms with van der Waals surface area (Å²) in [6.07, 6.45) is 0.795. The van der Waals surface area contributed by atoms with Gasteiger partial charge in [0.15, 0.2) is 0 Å². The van der Waals surface area contributed by atoms with Crippen LogP contribution in [0, 0.1) is 6.92 Å². The Labute approximate surface area is 95.3 Å². The number of rotatable bonds is 4. The van der Waals surface area contributed by atoms with Crippen LogP contribution in [0.25, 0.3) is 0 Å². The summed E-state index contributed by atoms with van der Waals surface area (Å²) in [5.74, 6) is 0. The average molecular weight is 242 g/mol. The van der Waals surface area contributed by atoms with E-state index in [0.29, 0.717) is 6.61 Å². The SMILES string of the molecule is Cc1ccc(S(=O)(=O)OC[C@@H]2CCO2)cc1. The van der Waals surface area contributed by atoms with E-state index in [-0.39, 0.29) is 17.6 Å². The topological polar surface area (TPSA) is 52.6 Å². The van der Waals surface area contributed by atoms with Crippen LogP contribution in [0.5, 0.6) is 0 Å². The van der Waals surface area contributed by atoms with Crippen LogP contribution in [0.4, 0.5) is 0 Å². The molecule has 2 rings (SSSR count). The van der Waals surface area contributed by atoms with E-state index in [1.54, 1.807) is 24.3 Å². The quantitative estimate of drug-likeness (QED) is 0.751. The Morgan fingerprint density at radius 1 is 1.38 bits per heavy atom. The van der Waals surface area contributed by atoms with Gasteiger partial charge in [-0.1, -0.05) is 17.7 Å². The van der Waals surface area contributed by atoms with Gasteiger partial charge in [0.2, 0.25) is 0 Å². The van der Waals surface area contributed by atoms with Crippen LogP contribution in [0.2, 0.25) is 0 Å². The highest BCUT2D eigenvalue weighted by Gasteiger charge is 2.23. The van der Waals surface area contributed by atoms with Crippen LogP contribution in [0.1, 0.15) is 12.0 Å². The van der Waals surface area contributed by atoms with E-state index >= 15 is 0 Å². The van der Waals surface area contributed by atoms with Crippen molar-refractivity contribution in [1.29, 1.82) is 0 Å². The minimum absolute atomic E-state index is 0.0692. The lowest BCUT2D eigenvalue weighted by Crippen LogP contribution is -2.32. The lowest BCUT2D eigenvalue weighted by molar-refractivity contribution is -0.0711. The first-order valence-corrected chi connectivity index (χ1v) is 6.56. The first-order chi connectivity index (χ1) is 7.58. The summed E-state index contributed by atoms with van der Waals surface area (Å²) >= 11 is 0. The smallest absolute Gasteiger partial charge is 0.297 e. The molecule has 1 heterocycles. The predicted molar refractivity (Wildman–Crippen MR) is 58.7 cm³/mol. The van der Waals surface area contributed by atoms with Crippen LogP contribution in [-0.2, 0) is 19.0 Å². The molecule has 0 spiro atoms. The minimum atomic E-state index is -3.63. The van der Waals surface area contributed by atoms with E-state index in [2.05, 4.69) is 0 Å². The predicted octanol–water partition coefficient (Wildman–Crippen LogP) is 1.49. The molecule has 1 atom stereocenters. The summed E-state index contributed by atoms with van der Waals surface area (Å²) in [5.41, 5.74) is 1.02. The van der Waals surface area contributed by atoms with Crippen LogP contribution in [-0.4, -0.2) is 27.7 Å². The molecule has 0 saturated carbocycles. The molecule has 0 radical (unpaired) electrons. The molecule has 1 aromatic carbocycles. The van der Waals surface area contributed by atoms with Gasteiger partial charge >= 0.3 is 0 Å². The summed E-state index contributed by atoms with van der Waals surface area (Å²) in [7, 11) is -3.63. The Morgan fingerprint density at radius 3 is 2.50 bits per heavy atom. The molecule has 1 aliphatic heterocycles. The molecule has 1 aromatic rings. The van der Waals surface area contributed by atoms with Gasteiger partial charge in [0.1, 0.15) is 0 Å². The summed E-state index contributed by atoms with van der Waals surface area (Å²) in [6, 6.07) is 6.59. The second-order valence-electron chi connectivity index (χ2n) is 3.83. The number of hydrogen-bond donors (Lipinski definition) is 0. The van der Waals surface area contributed by atoms with E-state index in [1.165, 1.54) is 0 Å². The third-order valence-electron chi connectivity index (χ3n) is 2.51. The van der Waals surface area contributed by atoms with Gasteiger partial charge in [-0.3, -0.25) is 4.18 Å². The van der Waals surface area contributed by atoms with Crippen molar-refractivity contribution in [3.63, 3.8) is 0 Å². The normalized spacial score (nSPS) is 20.4. The Balaban J connectivity index is 2.02. The molecule has 0 N–H and O–H groups in total. The fourth-order valence-electron chi connectivity index (χ4n) is 1.35. The second kappa shape index (κ2) is 4.53. The highest BCUT2D eigenvalue weighted by Crippen LogP contribution is 2.17. The largest absolute Gasteiger partial charge is 0.376 e. The van der Waals surface area contributed by atoms with Gasteiger partial charge in [-0.15, -0.1) is 0 Å². The van der Waals surface area contributed by atoms with E-state index in [1.807, 2.05) is 6.92 Å². The molecular formula is C11H14O4S. The summed E-state index contributed by atoms with van der Waals surface area (Å²) < 4.78 is 33.4. The van der Waals surface area contributed by atoms with Crippen molar-refractivity contribution in [3.8, 4) is 0 Å². The molecular weight excluding hydrogens is 228 g/mol. The summed E-state index contributed by atoms with van der Waals surface area (Å²) in [6.45, 7) is 2.70. The number of aryl methyl sites for hydroxylation is 1. The minimum Gasteiger partial charge on any atom is -0.376 e. The molecule has 0 aliphatic carbocycles. The molecule has 16 heavy (non-hydrogen) atoms. The maximum absolute atomic E-state index is 11.7. The van der Waals surface area contributed by atoms with Crippen molar-refractivity contribution in [2.75, 3.05) is 13.2 Å². The molecule has 4 nitrogen and oxygen atoms in total. The van der Waals surface area contributed by atoms with E-state index < -0.39 is 10.1 Å². The van der Waals surface area contributed by atoms with E-state index in [0.717, 1.165) is 12.0 Å². The van der Waals surface area contributed by atoms with E-state index in [9.17, 15) is 8.42 Å². The van der Waals surface area contributed by atoms with Gasteiger partial charge in [0.25, 0.3) is 10.1 Å². The highest BCUT2D eigenvalue weighted by atomic mass is 32.2. The molecule has 1 fully saturated rings. The first kappa shape index (κ1) is 11.6. The van der Waals surface area contributed by atoms with Crippen molar-refractivity contribution >= 4 is 10.1 Å². The maximum atomic E-state index is 11.7. The lowest BCUT2D eigenvalue weighted by Gasteiger charge is -2.25. The molecule has 5 heteroatoms. The van der Waals surface area contributed by atoms with Crippen molar-refractivity contribution in [3.05, 3.63) is 29.8 Å². The zero-order valence-corrected chi connectivity index (χ0v) is 9.87. The van der Waals surface area contributed by atoms with Crippen molar-refractivity contribution in [1.82, 2.24) is 0 Å². The van der Waals surface area contributed by atoms with Gasteiger partial charge in [-0.05, 0) is 25.5 Å². The zero-order chi connectivity index (χ0) is 11.6. The Kier molecular flexibility index (Phi) is 3.28. The molecule has 1 saturated heterocycles. The van der Waals surface area contributed by atoms with Crippen molar-refractivity contribution < 1.29 is 17.3 Å². The monoisotopic (exact) mass is 242 g/mol. The first-order valence-electron chi connectivity index (χ1n) is 5.16. The maximum Gasteiger partial charge on any atom is 0.297 e. The molecule has 0 unspecified atom stereocenters. The standard InChI is InChI=1S/C11H14O4S/c1-9-2-4-11(5-3-9)16(12,13)15-8-10-6-7-14-10/h2-5,10H,6-8H2,1H3/t10-/m0/s1. The third kappa shape index (κ3) is 2.61. The fourth-order valence-corrected chi connectivity index (χ4v) is 2.29. The van der Waals surface area contributed by atoms with Crippen LogP contribution in [0.3, 0.4) is 0 Å². The summed E-state index contributed by atoms with van der Waals surface area (Å²) in [4.78, 5) is 0.192. The Morgan fingerprint density at radius 2 is 2.00 bits per heavy atom. The van der Waals surface area contributed by atoms with Gasteiger partial charge < -0.3 is 4.74 Å². The molecule has 88 valence electrons. The highest BCUT2D eigenvalue weighted by molar-refractivity contribution is 7.86. The number of ether oxygens (including phenoxy) is 1. The number of benzene rings is 1. The van der Waals surface area contributed by atoms with Gasteiger partial charge in [-0.25, -0.2) is 0 Å². The van der Waals surface area contributed by atoms with Crippen molar-refractivity contribution in [2.45, 2.75) is 24.3 Å². The lowest BCUT2D eigenvalue weighted by atomic mass is 10.2. The number of hydrogen-bond acceptors (Lipinski definition) is 4. The molecule has 0 aromatic heterocycles. The third-order valence-corrected chi connectivity index (χ3v) is 3.81. The van der Waals surface area contributed by atoms with E-state index in [4.69, 9.17) is 8.92 Å². The van der Waals surface area contributed by atoms with Crippen LogP contribution >= 0.6 is 0 Å². The molecule has 0 bridgehead atoms. The molecule has 1 aliphatic rings. The summed E-state index contributed by atoms with van der Waals surface area (Å²) in [5, 5.41) is 0. The van der Waals surface area contributed by atoms with Crippen LogP contribution < -0.4 is 0 Å². The zero-order valence-electron chi connectivity index (χ0n) is 9.05. The Hall–Kier alpha value is -0.910. The van der Waals surface area contributed by atoms with Crippen LogP contribution in [0.15, 0.2) is 29.2 Å². The van der Waals surface area contributed by atoms with Crippen molar-refractivity contribution in [2.24, 2.45) is 0 Å². The van der Waals surface area contributed by atoms with Gasteiger partial charge in [0.05, 0.1) is 17.6 Å². The fraction of sp³-hybridized carbons (Fsp3) is 0.455. The average Bonchev–Trinajstić information content (AvgIpc) is 2.15. The van der Waals surface area contributed by atoms with Gasteiger partial charge in [0, 0.05) is 6.61 Å². The van der Waals surface area contributed by atoms with Gasteiger partial charge in [-0.2, -0.15) is 8.42 Å². The molecule has 0 amide bonds.